The number of piperazine rings is 1. The molecule has 0 spiro atoms. The van der Waals surface area contributed by atoms with E-state index in [0.29, 0.717) is 29.4 Å². The number of nitrogens with zero attached hydrogens (tertiary/aromatic N) is 2. The van der Waals surface area contributed by atoms with E-state index < -0.39 is 0 Å². The van der Waals surface area contributed by atoms with Gasteiger partial charge in [-0.2, -0.15) is 0 Å². The molecule has 2 aromatic carbocycles. The Bertz CT molecular complexity index is 787. The van der Waals surface area contributed by atoms with Crippen molar-refractivity contribution in [2.75, 3.05) is 38.2 Å². The Morgan fingerprint density at radius 3 is 2.32 bits per heavy atom. The Morgan fingerprint density at radius 2 is 1.64 bits per heavy atom. The Morgan fingerprint density at radius 1 is 1.00 bits per heavy atom. The molecule has 0 saturated carbocycles. The molecule has 4 nitrogen and oxygen atoms in total. The van der Waals surface area contributed by atoms with Crippen LogP contribution in [0.4, 0.5) is 5.69 Å². The first kappa shape index (κ1) is 17.9. The van der Waals surface area contributed by atoms with Crippen molar-refractivity contribution in [2.24, 2.45) is 0 Å². The summed E-state index contributed by atoms with van der Waals surface area (Å²) in [6.07, 6.45) is 0. The molecular weight excluding hydrogens is 359 g/mol. The topological polar surface area (TPSA) is 32.8 Å². The largest absolute Gasteiger partial charge is 0.496 e. The van der Waals surface area contributed by atoms with Crippen LogP contribution in [-0.2, 0) is 0 Å². The molecule has 25 heavy (non-hydrogen) atoms. The van der Waals surface area contributed by atoms with Crippen LogP contribution in [0.15, 0.2) is 36.4 Å². The number of aryl methyl sites for hydroxylation is 1. The Hall–Kier alpha value is -1.91. The van der Waals surface area contributed by atoms with Crippen molar-refractivity contribution in [2.45, 2.75) is 6.92 Å². The first-order valence-corrected chi connectivity index (χ1v) is 8.89. The van der Waals surface area contributed by atoms with Gasteiger partial charge >= 0.3 is 0 Å². The fourth-order valence-electron chi connectivity index (χ4n) is 3.09. The van der Waals surface area contributed by atoms with Gasteiger partial charge in [-0.25, -0.2) is 0 Å². The first-order chi connectivity index (χ1) is 12.0. The van der Waals surface area contributed by atoms with Crippen LogP contribution >= 0.6 is 23.2 Å². The number of anilines is 1. The maximum atomic E-state index is 12.8. The molecule has 2 aromatic rings. The lowest BCUT2D eigenvalue weighted by atomic mass is 10.1. The van der Waals surface area contributed by atoms with Crippen molar-refractivity contribution in [1.29, 1.82) is 0 Å². The highest BCUT2D eigenvalue weighted by Crippen LogP contribution is 2.27. The van der Waals surface area contributed by atoms with Crippen LogP contribution in [0, 0.1) is 6.92 Å². The third kappa shape index (κ3) is 3.86. The van der Waals surface area contributed by atoms with Gasteiger partial charge < -0.3 is 14.5 Å². The van der Waals surface area contributed by atoms with Crippen LogP contribution in [0.5, 0.6) is 5.75 Å². The molecule has 3 rings (SSSR count). The lowest BCUT2D eigenvalue weighted by Gasteiger charge is -2.37. The van der Waals surface area contributed by atoms with Crippen LogP contribution in [0.2, 0.25) is 10.0 Å². The fraction of sp³-hybridized carbons (Fsp3) is 0.316. The molecule has 1 saturated heterocycles. The van der Waals surface area contributed by atoms with Crippen molar-refractivity contribution >= 4 is 34.8 Å². The van der Waals surface area contributed by atoms with E-state index in [-0.39, 0.29) is 5.91 Å². The van der Waals surface area contributed by atoms with Crippen molar-refractivity contribution in [3.8, 4) is 5.75 Å². The second kappa shape index (κ2) is 7.54. The number of halogens is 2. The highest BCUT2D eigenvalue weighted by atomic mass is 35.5. The summed E-state index contributed by atoms with van der Waals surface area (Å²) in [6, 6.07) is 11.0. The van der Waals surface area contributed by atoms with E-state index in [0.717, 1.165) is 23.8 Å². The van der Waals surface area contributed by atoms with E-state index in [1.54, 1.807) is 25.3 Å². The molecule has 0 aliphatic carbocycles. The molecule has 0 N–H and O–H groups in total. The molecule has 0 radical (unpaired) electrons. The number of hydrogen-bond donors (Lipinski definition) is 0. The maximum absolute atomic E-state index is 12.8. The molecular formula is C19H20Cl2N2O2. The quantitative estimate of drug-likeness (QED) is 0.799. The van der Waals surface area contributed by atoms with Gasteiger partial charge in [0, 0.05) is 41.9 Å². The van der Waals surface area contributed by atoms with Gasteiger partial charge in [-0.1, -0.05) is 29.3 Å². The first-order valence-electron chi connectivity index (χ1n) is 8.13. The zero-order valence-electron chi connectivity index (χ0n) is 14.3. The molecule has 1 amide bonds. The number of hydrogen-bond acceptors (Lipinski definition) is 3. The zero-order chi connectivity index (χ0) is 18.0. The second-order valence-electron chi connectivity index (χ2n) is 6.05. The van der Waals surface area contributed by atoms with Crippen LogP contribution in [0.25, 0.3) is 0 Å². The van der Waals surface area contributed by atoms with Crippen molar-refractivity contribution in [3.05, 3.63) is 57.6 Å². The molecule has 1 aliphatic heterocycles. The van der Waals surface area contributed by atoms with Crippen molar-refractivity contribution < 1.29 is 9.53 Å². The minimum absolute atomic E-state index is 0.0539. The lowest BCUT2D eigenvalue weighted by Crippen LogP contribution is -2.49. The smallest absolute Gasteiger partial charge is 0.257 e. The number of carbonyl (C=O) groups excluding carboxylic acids is 1. The third-order valence-corrected chi connectivity index (χ3v) is 4.94. The average molecular weight is 379 g/mol. The molecule has 0 aromatic heterocycles. The highest BCUT2D eigenvalue weighted by molar-refractivity contribution is 6.31. The van der Waals surface area contributed by atoms with Crippen molar-refractivity contribution in [3.63, 3.8) is 0 Å². The van der Waals surface area contributed by atoms with E-state index in [9.17, 15) is 4.79 Å². The minimum Gasteiger partial charge on any atom is -0.496 e. The molecule has 0 bridgehead atoms. The normalized spacial score (nSPS) is 14.6. The molecule has 1 heterocycles. The molecule has 6 heteroatoms. The molecule has 1 fully saturated rings. The summed E-state index contributed by atoms with van der Waals surface area (Å²) in [4.78, 5) is 16.9. The van der Waals surface area contributed by atoms with E-state index in [1.807, 2.05) is 23.1 Å². The van der Waals surface area contributed by atoms with Gasteiger partial charge in [-0.05, 0) is 42.8 Å². The number of rotatable bonds is 3. The van der Waals surface area contributed by atoms with Gasteiger partial charge in [0.1, 0.15) is 5.75 Å². The predicted molar refractivity (Wildman–Crippen MR) is 102 cm³/mol. The highest BCUT2D eigenvalue weighted by Gasteiger charge is 2.25. The van der Waals surface area contributed by atoms with Gasteiger partial charge in [0.25, 0.3) is 5.91 Å². The van der Waals surface area contributed by atoms with Crippen LogP contribution in [0.3, 0.4) is 0 Å². The molecule has 0 unspecified atom stereocenters. The summed E-state index contributed by atoms with van der Waals surface area (Å²) in [5.74, 6) is 0.490. The lowest BCUT2D eigenvalue weighted by molar-refractivity contribution is 0.0743. The van der Waals surface area contributed by atoms with E-state index in [1.165, 1.54) is 5.56 Å². The molecule has 132 valence electrons. The van der Waals surface area contributed by atoms with Crippen LogP contribution < -0.4 is 9.64 Å². The minimum atomic E-state index is -0.0539. The maximum Gasteiger partial charge on any atom is 0.257 e. The standard InChI is InChI=1S/C19H20Cl2N2O2/c1-13-3-4-15(21)12-17(13)22-7-9-23(10-8-22)19(24)16-11-14(20)5-6-18(16)25-2/h3-6,11-12H,7-10H2,1-2H3. The number of methoxy groups -OCH3 is 1. The Kier molecular flexibility index (Phi) is 5.40. The zero-order valence-corrected chi connectivity index (χ0v) is 15.8. The summed E-state index contributed by atoms with van der Waals surface area (Å²) in [6.45, 7) is 4.87. The van der Waals surface area contributed by atoms with Gasteiger partial charge in [0.05, 0.1) is 12.7 Å². The second-order valence-corrected chi connectivity index (χ2v) is 6.93. The molecule has 0 atom stereocenters. The summed E-state index contributed by atoms with van der Waals surface area (Å²) < 4.78 is 5.30. The number of amides is 1. The van der Waals surface area contributed by atoms with E-state index in [2.05, 4.69) is 11.8 Å². The van der Waals surface area contributed by atoms with Crippen LogP contribution in [0.1, 0.15) is 15.9 Å². The predicted octanol–water partition coefficient (Wildman–Crippen LogP) is 4.27. The van der Waals surface area contributed by atoms with Gasteiger partial charge in [-0.3, -0.25) is 4.79 Å². The Balaban J connectivity index is 1.73. The SMILES string of the molecule is COc1ccc(Cl)cc1C(=O)N1CCN(c2cc(Cl)ccc2C)CC1. The van der Waals surface area contributed by atoms with Gasteiger partial charge in [-0.15, -0.1) is 0 Å². The number of ether oxygens (including phenoxy) is 1. The summed E-state index contributed by atoms with van der Waals surface area (Å²) in [7, 11) is 1.56. The van der Waals surface area contributed by atoms with Crippen molar-refractivity contribution in [1.82, 2.24) is 4.90 Å². The third-order valence-electron chi connectivity index (χ3n) is 4.47. The van der Waals surface area contributed by atoms with Gasteiger partial charge in [0.15, 0.2) is 0 Å². The van der Waals surface area contributed by atoms with Crippen LogP contribution in [-0.4, -0.2) is 44.1 Å². The summed E-state index contributed by atoms with van der Waals surface area (Å²) >= 11 is 12.2. The summed E-state index contributed by atoms with van der Waals surface area (Å²) in [5, 5.41) is 1.25. The van der Waals surface area contributed by atoms with Gasteiger partial charge in [0.2, 0.25) is 0 Å². The monoisotopic (exact) mass is 378 g/mol. The van der Waals surface area contributed by atoms with E-state index in [4.69, 9.17) is 27.9 Å². The number of carbonyl (C=O) groups is 1. The number of benzene rings is 2. The molecule has 1 aliphatic rings. The summed E-state index contributed by atoms with van der Waals surface area (Å²) in [5.41, 5.74) is 2.81. The Labute approximate surface area is 157 Å². The average Bonchev–Trinajstić information content (AvgIpc) is 2.63. The van der Waals surface area contributed by atoms with E-state index >= 15 is 0 Å². The fourth-order valence-corrected chi connectivity index (χ4v) is 3.43.